The molecule has 0 fully saturated rings. The van der Waals surface area contributed by atoms with Crippen molar-refractivity contribution in [3.8, 4) is 0 Å². The molecule has 12 heavy (non-hydrogen) atoms. The van der Waals surface area contributed by atoms with Gasteiger partial charge in [-0.3, -0.25) is 0 Å². The monoisotopic (exact) mass is 163 g/mol. The Hall–Kier alpha value is -1.36. The van der Waals surface area contributed by atoms with E-state index in [1.165, 1.54) is 12.1 Å². The van der Waals surface area contributed by atoms with Crippen LogP contribution in [-0.4, -0.2) is 6.04 Å². The highest BCUT2D eigenvalue weighted by atomic mass is 19.1. The Morgan fingerprint density at radius 1 is 1.42 bits per heavy atom. The maximum atomic E-state index is 12.4. The Morgan fingerprint density at radius 2 is 2.00 bits per heavy atom. The highest BCUT2D eigenvalue weighted by molar-refractivity contribution is 5.17. The minimum Gasteiger partial charge on any atom is -0.314 e. The van der Waals surface area contributed by atoms with Gasteiger partial charge >= 0.3 is 0 Å². The molecule has 2 heteroatoms. The van der Waals surface area contributed by atoms with Gasteiger partial charge in [0.05, 0.1) is 0 Å². The quantitative estimate of drug-likeness (QED) is 0.590. The molecular formula is C10H10FN. The second kappa shape index (κ2) is 3.87. The summed E-state index contributed by atoms with van der Waals surface area (Å²) >= 11 is 0. The van der Waals surface area contributed by atoms with Crippen LogP contribution in [0.15, 0.2) is 24.3 Å². The predicted molar refractivity (Wildman–Crippen MR) is 46.2 cm³/mol. The molecule has 0 aliphatic heterocycles. The molecule has 0 radical (unpaired) electrons. The number of nitrogens with zero attached hydrogens (tertiary/aromatic N) is 1. The second-order valence-corrected chi connectivity index (χ2v) is 2.81. The average molecular weight is 163 g/mol. The Labute approximate surface area is 71.7 Å². The number of halogens is 1. The van der Waals surface area contributed by atoms with Crippen LogP contribution in [0.2, 0.25) is 0 Å². The Morgan fingerprint density at radius 3 is 2.50 bits per heavy atom. The fourth-order valence-electron chi connectivity index (χ4n) is 1.01. The second-order valence-electron chi connectivity index (χ2n) is 2.81. The van der Waals surface area contributed by atoms with Crippen LogP contribution in [0, 0.1) is 12.4 Å². The summed E-state index contributed by atoms with van der Waals surface area (Å²) in [5.74, 6) is -0.228. The van der Waals surface area contributed by atoms with Crippen molar-refractivity contribution in [2.24, 2.45) is 0 Å². The van der Waals surface area contributed by atoms with Gasteiger partial charge in [-0.15, -0.1) is 0 Å². The lowest BCUT2D eigenvalue weighted by atomic mass is 10.1. The van der Waals surface area contributed by atoms with Crippen LogP contribution < -0.4 is 0 Å². The summed E-state index contributed by atoms with van der Waals surface area (Å²) in [4.78, 5) is 3.36. The Kier molecular flexibility index (Phi) is 2.82. The zero-order valence-corrected chi connectivity index (χ0v) is 6.92. The topological polar surface area (TPSA) is 4.36 Å². The number of rotatable bonds is 2. The Balaban J connectivity index is 2.66. The fourth-order valence-corrected chi connectivity index (χ4v) is 1.01. The average Bonchev–Trinajstić information content (AvgIpc) is 2.09. The first kappa shape index (κ1) is 8.73. The fraction of sp³-hybridized carbons (Fsp3) is 0.300. The van der Waals surface area contributed by atoms with Crippen molar-refractivity contribution < 1.29 is 4.39 Å². The zero-order valence-electron chi connectivity index (χ0n) is 6.92. The van der Waals surface area contributed by atoms with Gasteiger partial charge in [0.25, 0.3) is 0 Å². The molecule has 0 aliphatic carbocycles. The van der Waals surface area contributed by atoms with Crippen molar-refractivity contribution in [2.75, 3.05) is 0 Å². The molecule has 0 saturated carbocycles. The van der Waals surface area contributed by atoms with Gasteiger partial charge < -0.3 is 4.85 Å². The maximum Gasteiger partial charge on any atom is 0.225 e. The number of hydrogen-bond acceptors (Lipinski definition) is 0. The van der Waals surface area contributed by atoms with E-state index in [1.807, 2.05) is 6.92 Å². The molecule has 1 rings (SSSR count). The van der Waals surface area contributed by atoms with Gasteiger partial charge in [0, 0.05) is 13.3 Å². The third-order valence-corrected chi connectivity index (χ3v) is 1.66. The van der Waals surface area contributed by atoms with Gasteiger partial charge in [-0.1, -0.05) is 12.1 Å². The van der Waals surface area contributed by atoms with Crippen molar-refractivity contribution in [3.63, 3.8) is 0 Å². The van der Waals surface area contributed by atoms with E-state index in [-0.39, 0.29) is 11.9 Å². The van der Waals surface area contributed by atoms with Crippen LogP contribution in [0.5, 0.6) is 0 Å². The molecule has 0 saturated heterocycles. The standard InChI is InChI=1S/C10H10FN/c1-8(12-2)7-9-3-5-10(11)6-4-9/h3-6,8H,7H2,1H3. The molecule has 0 N–H and O–H groups in total. The van der Waals surface area contributed by atoms with Gasteiger partial charge in [-0.2, -0.15) is 0 Å². The normalized spacial score (nSPS) is 12.1. The molecule has 0 bridgehead atoms. The summed E-state index contributed by atoms with van der Waals surface area (Å²) in [7, 11) is 0. The van der Waals surface area contributed by atoms with Crippen LogP contribution >= 0.6 is 0 Å². The first-order valence-electron chi connectivity index (χ1n) is 3.83. The molecular weight excluding hydrogens is 153 g/mol. The molecule has 62 valence electrons. The van der Waals surface area contributed by atoms with Gasteiger partial charge in [0.1, 0.15) is 5.82 Å². The largest absolute Gasteiger partial charge is 0.314 e. The Bertz CT molecular complexity index is 284. The minimum atomic E-state index is -0.228. The third-order valence-electron chi connectivity index (χ3n) is 1.66. The molecule has 0 amide bonds. The van der Waals surface area contributed by atoms with Gasteiger partial charge in [-0.05, 0) is 17.7 Å². The van der Waals surface area contributed by atoms with Crippen LogP contribution in [0.1, 0.15) is 12.5 Å². The first-order chi connectivity index (χ1) is 5.72. The highest BCUT2D eigenvalue weighted by Crippen LogP contribution is 2.06. The van der Waals surface area contributed by atoms with Gasteiger partial charge in [-0.25, -0.2) is 11.0 Å². The van der Waals surface area contributed by atoms with Crippen LogP contribution in [-0.2, 0) is 6.42 Å². The molecule has 1 unspecified atom stereocenters. The summed E-state index contributed by atoms with van der Waals surface area (Å²) in [6, 6.07) is 6.27. The summed E-state index contributed by atoms with van der Waals surface area (Å²) in [6.07, 6.45) is 0.698. The summed E-state index contributed by atoms with van der Waals surface area (Å²) in [5.41, 5.74) is 1.01. The first-order valence-corrected chi connectivity index (χ1v) is 3.83. The number of hydrogen-bond donors (Lipinski definition) is 0. The lowest BCUT2D eigenvalue weighted by molar-refractivity contribution is 0.626. The summed E-state index contributed by atoms with van der Waals surface area (Å²) < 4.78 is 12.4. The van der Waals surface area contributed by atoms with E-state index in [9.17, 15) is 4.39 Å². The SMILES string of the molecule is [C-]#[N+]C(C)Cc1ccc(F)cc1. The molecule has 1 aromatic rings. The van der Waals surface area contributed by atoms with Crippen molar-refractivity contribution in [1.82, 2.24) is 0 Å². The summed E-state index contributed by atoms with van der Waals surface area (Å²) in [5, 5.41) is 0. The van der Waals surface area contributed by atoms with Crippen LogP contribution in [0.4, 0.5) is 4.39 Å². The lowest BCUT2D eigenvalue weighted by Crippen LogP contribution is -1.99. The lowest BCUT2D eigenvalue weighted by Gasteiger charge is -1.98. The zero-order chi connectivity index (χ0) is 8.97. The van der Waals surface area contributed by atoms with Crippen LogP contribution in [0.25, 0.3) is 4.85 Å². The highest BCUT2D eigenvalue weighted by Gasteiger charge is 2.04. The van der Waals surface area contributed by atoms with E-state index in [4.69, 9.17) is 6.57 Å². The van der Waals surface area contributed by atoms with Crippen LogP contribution in [0.3, 0.4) is 0 Å². The van der Waals surface area contributed by atoms with Crippen molar-refractivity contribution >= 4 is 0 Å². The molecule has 0 aromatic heterocycles. The van der Waals surface area contributed by atoms with Gasteiger partial charge in [0.15, 0.2) is 0 Å². The molecule has 1 atom stereocenters. The van der Waals surface area contributed by atoms with Gasteiger partial charge in [0.2, 0.25) is 6.04 Å². The van der Waals surface area contributed by atoms with E-state index >= 15 is 0 Å². The van der Waals surface area contributed by atoms with E-state index in [1.54, 1.807) is 12.1 Å². The van der Waals surface area contributed by atoms with Crippen molar-refractivity contribution in [2.45, 2.75) is 19.4 Å². The number of benzene rings is 1. The minimum absolute atomic E-state index is 0.0181. The molecule has 0 heterocycles. The predicted octanol–water partition coefficient (Wildman–Crippen LogP) is 2.68. The van der Waals surface area contributed by atoms with E-state index in [2.05, 4.69) is 4.85 Å². The van der Waals surface area contributed by atoms with E-state index in [0.717, 1.165) is 5.56 Å². The molecule has 0 spiro atoms. The van der Waals surface area contributed by atoms with E-state index < -0.39 is 0 Å². The van der Waals surface area contributed by atoms with Crippen molar-refractivity contribution in [1.29, 1.82) is 0 Å². The smallest absolute Gasteiger partial charge is 0.225 e. The molecule has 0 aliphatic rings. The van der Waals surface area contributed by atoms with E-state index in [0.29, 0.717) is 6.42 Å². The summed E-state index contributed by atoms with van der Waals surface area (Å²) in [6.45, 7) is 8.61. The molecule has 1 nitrogen and oxygen atoms in total. The van der Waals surface area contributed by atoms with Crippen molar-refractivity contribution in [3.05, 3.63) is 47.1 Å². The maximum absolute atomic E-state index is 12.4. The third kappa shape index (κ3) is 2.35. The molecule has 1 aromatic carbocycles.